The number of unbranched alkanes of at least 4 members (excludes halogenated alkanes) is 5. The Balaban J connectivity index is 2.40. The molecule has 0 spiro atoms. The molecule has 2 rings (SSSR count). The van der Waals surface area contributed by atoms with Crippen molar-refractivity contribution in [3.05, 3.63) is 23.8 Å². The molecule has 5 heteroatoms. The van der Waals surface area contributed by atoms with Crippen LogP contribution in [0, 0.1) is 0 Å². The highest BCUT2D eigenvalue weighted by atomic mass is 32.1. The topological polar surface area (TPSA) is 36.9 Å². The zero-order valence-electron chi connectivity index (χ0n) is 17.8. The molecule has 1 atom stereocenters. The van der Waals surface area contributed by atoms with E-state index in [1.165, 1.54) is 32.1 Å². The van der Waals surface area contributed by atoms with Gasteiger partial charge in [-0.2, -0.15) is 12.6 Å². The Morgan fingerprint density at radius 2 is 1.32 bits per heavy atom. The maximum Gasteiger partial charge on any atom is 0.135 e. The van der Waals surface area contributed by atoms with Gasteiger partial charge < -0.3 is 18.9 Å². The van der Waals surface area contributed by atoms with E-state index in [9.17, 15) is 0 Å². The van der Waals surface area contributed by atoms with Gasteiger partial charge in [-0.05, 0) is 24.6 Å². The van der Waals surface area contributed by atoms with Gasteiger partial charge >= 0.3 is 0 Å². The Labute approximate surface area is 174 Å². The lowest BCUT2D eigenvalue weighted by atomic mass is 9.97. The maximum atomic E-state index is 5.84. The summed E-state index contributed by atoms with van der Waals surface area (Å²) < 4.78 is 22.7. The van der Waals surface area contributed by atoms with Crippen molar-refractivity contribution in [1.29, 1.82) is 0 Å². The first kappa shape index (κ1) is 22.5. The summed E-state index contributed by atoms with van der Waals surface area (Å²) in [4.78, 5) is 0. The fourth-order valence-electron chi connectivity index (χ4n) is 3.70. The summed E-state index contributed by atoms with van der Waals surface area (Å²) in [6, 6.07) is 5.81. The second-order valence-electron chi connectivity index (χ2n) is 6.99. The lowest BCUT2D eigenvalue weighted by Crippen LogP contribution is -2.01. The molecule has 1 unspecified atom stereocenters. The van der Waals surface area contributed by atoms with Gasteiger partial charge in [-0.15, -0.1) is 0 Å². The van der Waals surface area contributed by atoms with E-state index in [0.29, 0.717) is 0 Å². The van der Waals surface area contributed by atoms with Crippen LogP contribution in [-0.4, -0.2) is 28.4 Å². The van der Waals surface area contributed by atoms with Crippen molar-refractivity contribution in [2.75, 3.05) is 28.4 Å². The summed E-state index contributed by atoms with van der Waals surface area (Å²) in [6.07, 6.45) is 8.58. The highest BCUT2D eigenvalue weighted by Gasteiger charge is 2.23. The van der Waals surface area contributed by atoms with Crippen LogP contribution in [0.5, 0.6) is 23.0 Å². The van der Waals surface area contributed by atoms with Crippen LogP contribution >= 0.6 is 12.6 Å². The van der Waals surface area contributed by atoms with Crippen molar-refractivity contribution in [1.82, 2.24) is 0 Å². The van der Waals surface area contributed by atoms with E-state index < -0.39 is 0 Å². The smallest absolute Gasteiger partial charge is 0.135 e. The van der Waals surface area contributed by atoms with Crippen molar-refractivity contribution in [2.24, 2.45) is 0 Å². The molecule has 2 aromatic carbocycles. The van der Waals surface area contributed by atoms with Crippen LogP contribution in [0.3, 0.4) is 0 Å². The van der Waals surface area contributed by atoms with Gasteiger partial charge in [0.25, 0.3) is 0 Å². The zero-order chi connectivity index (χ0) is 20.5. The minimum absolute atomic E-state index is 0.0651. The first-order valence-electron chi connectivity index (χ1n) is 10.1. The quantitative estimate of drug-likeness (QED) is 0.318. The summed E-state index contributed by atoms with van der Waals surface area (Å²) >= 11 is 4.90. The molecule has 0 N–H and O–H groups in total. The molecule has 0 heterocycles. The van der Waals surface area contributed by atoms with Crippen LogP contribution in [0.15, 0.2) is 18.2 Å². The van der Waals surface area contributed by atoms with Crippen LogP contribution in [0.25, 0.3) is 10.8 Å². The molecule has 156 valence electrons. The molecule has 0 aliphatic carbocycles. The van der Waals surface area contributed by atoms with Crippen LogP contribution in [0.2, 0.25) is 0 Å². The first-order valence-corrected chi connectivity index (χ1v) is 10.6. The Kier molecular flexibility index (Phi) is 9.10. The molecule has 0 fully saturated rings. The number of methoxy groups -OCH3 is 4. The standard InChI is InChI=1S/C23H34O4S/c1-6-7-8-9-10-11-12-20(28)16-15-19(26-4)21-17(24-2)13-14-18(25-3)22(21)23(16)27-5/h13-15,20,28H,6-12H2,1-5H3. The number of thiol groups is 1. The summed E-state index contributed by atoms with van der Waals surface area (Å²) in [7, 11) is 6.68. The van der Waals surface area contributed by atoms with Gasteiger partial charge in [-0.25, -0.2) is 0 Å². The number of benzene rings is 2. The van der Waals surface area contributed by atoms with Crippen molar-refractivity contribution >= 4 is 23.4 Å². The highest BCUT2D eigenvalue weighted by Crippen LogP contribution is 2.49. The van der Waals surface area contributed by atoms with Crippen molar-refractivity contribution < 1.29 is 18.9 Å². The Morgan fingerprint density at radius 3 is 1.89 bits per heavy atom. The molecule has 0 saturated carbocycles. The van der Waals surface area contributed by atoms with Crippen LogP contribution in [0.1, 0.15) is 62.7 Å². The molecule has 2 aromatic rings. The normalized spacial score (nSPS) is 12.1. The van der Waals surface area contributed by atoms with Crippen molar-refractivity contribution in [3.63, 3.8) is 0 Å². The Bertz CT molecular complexity index is 760. The number of fused-ring (bicyclic) bond motifs is 1. The van der Waals surface area contributed by atoms with Crippen LogP contribution in [0.4, 0.5) is 0 Å². The zero-order valence-corrected chi connectivity index (χ0v) is 18.7. The third-order valence-electron chi connectivity index (χ3n) is 5.21. The molecule has 0 amide bonds. The summed E-state index contributed by atoms with van der Waals surface area (Å²) in [6.45, 7) is 2.24. The van der Waals surface area contributed by atoms with Crippen molar-refractivity contribution in [2.45, 2.75) is 57.1 Å². The maximum absolute atomic E-state index is 5.84. The van der Waals surface area contributed by atoms with Gasteiger partial charge in [0.15, 0.2) is 0 Å². The molecular formula is C23H34O4S. The second-order valence-corrected chi connectivity index (χ2v) is 7.62. The predicted octanol–water partition coefficient (Wildman–Crippen LogP) is 6.60. The molecule has 0 aliphatic rings. The van der Waals surface area contributed by atoms with Gasteiger partial charge in [0.05, 0.1) is 39.2 Å². The molecule has 4 nitrogen and oxygen atoms in total. The van der Waals surface area contributed by atoms with Gasteiger partial charge in [0.2, 0.25) is 0 Å². The summed E-state index contributed by atoms with van der Waals surface area (Å²) in [5.41, 5.74) is 1.02. The van der Waals surface area contributed by atoms with Gasteiger partial charge in [0, 0.05) is 10.8 Å². The van der Waals surface area contributed by atoms with E-state index in [-0.39, 0.29) is 5.25 Å². The highest BCUT2D eigenvalue weighted by molar-refractivity contribution is 7.80. The largest absolute Gasteiger partial charge is 0.496 e. The van der Waals surface area contributed by atoms with E-state index in [2.05, 4.69) is 6.92 Å². The molecule has 0 bridgehead atoms. The van der Waals surface area contributed by atoms with Crippen LogP contribution in [-0.2, 0) is 0 Å². The number of rotatable bonds is 12. The minimum Gasteiger partial charge on any atom is -0.496 e. The summed E-state index contributed by atoms with van der Waals surface area (Å²) in [5, 5.41) is 1.78. The van der Waals surface area contributed by atoms with E-state index in [1.54, 1.807) is 28.4 Å². The number of hydrogen-bond acceptors (Lipinski definition) is 5. The monoisotopic (exact) mass is 406 g/mol. The average Bonchev–Trinajstić information content (AvgIpc) is 2.73. The molecule has 28 heavy (non-hydrogen) atoms. The Hall–Kier alpha value is -1.75. The molecule has 0 aromatic heterocycles. The first-order chi connectivity index (χ1) is 13.6. The molecule has 0 saturated heterocycles. The Morgan fingerprint density at radius 1 is 0.750 bits per heavy atom. The summed E-state index contributed by atoms with van der Waals surface area (Å²) in [5.74, 6) is 2.97. The van der Waals surface area contributed by atoms with E-state index in [1.807, 2.05) is 18.2 Å². The predicted molar refractivity (Wildman–Crippen MR) is 120 cm³/mol. The lowest BCUT2D eigenvalue weighted by molar-refractivity contribution is 0.389. The number of hydrogen-bond donors (Lipinski definition) is 1. The molecule has 0 aliphatic heterocycles. The SMILES string of the molecule is CCCCCCCCC(S)c1cc(OC)c2c(OC)ccc(OC)c2c1OC. The van der Waals surface area contributed by atoms with Crippen LogP contribution < -0.4 is 18.9 Å². The number of ether oxygens (including phenoxy) is 4. The van der Waals surface area contributed by atoms with Crippen molar-refractivity contribution in [3.8, 4) is 23.0 Å². The van der Waals surface area contributed by atoms with Gasteiger partial charge in [0.1, 0.15) is 23.0 Å². The second kappa shape index (κ2) is 11.3. The van der Waals surface area contributed by atoms with Gasteiger partial charge in [-0.3, -0.25) is 0 Å². The van der Waals surface area contributed by atoms with Gasteiger partial charge in [-0.1, -0.05) is 45.4 Å². The fourth-order valence-corrected chi connectivity index (χ4v) is 4.07. The third kappa shape index (κ3) is 4.99. The minimum atomic E-state index is 0.0651. The lowest BCUT2D eigenvalue weighted by Gasteiger charge is -2.21. The fraction of sp³-hybridized carbons (Fsp3) is 0.565. The van der Waals surface area contributed by atoms with E-state index in [0.717, 1.165) is 52.2 Å². The average molecular weight is 407 g/mol. The molecular weight excluding hydrogens is 372 g/mol. The van der Waals surface area contributed by atoms with E-state index >= 15 is 0 Å². The third-order valence-corrected chi connectivity index (χ3v) is 5.74. The van der Waals surface area contributed by atoms with E-state index in [4.69, 9.17) is 31.6 Å². The molecule has 0 radical (unpaired) electrons.